The van der Waals surface area contributed by atoms with Crippen molar-refractivity contribution in [2.24, 2.45) is 0 Å². The zero-order valence-electron chi connectivity index (χ0n) is 15.1. The van der Waals surface area contributed by atoms with Crippen LogP contribution in [-0.4, -0.2) is 57.3 Å². The summed E-state index contributed by atoms with van der Waals surface area (Å²) in [6.45, 7) is 4.08. The topological polar surface area (TPSA) is 83.5 Å². The number of aromatic nitrogens is 2. The summed E-state index contributed by atoms with van der Waals surface area (Å²) in [5.41, 5.74) is 3.49. The summed E-state index contributed by atoms with van der Waals surface area (Å²) >= 11 is 1.04. The Morgan fingerprint density at radius 1 is 0.929 bits per heavy atom. The number of carbonyl (C=O) groups excluding carboxylic acids is 3. The standard InChI is InChI=1S/C20H16N4O3S/c1-11(25)23-6-8-24(9-7-23)15-10-14-16(18-17(15)21-28-22-18)20(27)13-5-3-2-4-12(13)19(14)26/h2-5,10H,6-9H2,1H3. The van der Waals surface area contributed by atoms with E-state index in [9.17, 15) is 14.4 Å². The Bertz CT molecular complexity index is 1160. The zero-order valence-corrected chi connectivity index (χ0v) is 16.0. The van der Waals surface area contributed by atoms with Crippen molar-refractivity contribution in [3.8, 4) is 0 Å². The van der Waals surface area contributed by atoms with Crippen LogP contribution >= 0.6 is 11.7 Å². The van der Waals surface area contributed by atoms with Gasteiger partial charge in [0.25, 0.3) is 0 Å². The average molecular weight is 392 g/mol. The van der Waals surface area contributed by atoms with Crippen molar-refractivity contribution in [3.05, 3.63) is 52.6 Å². The van der Waals surface area contributed by atoms with Crippen molar-refractivity contribution in [1.82, 2.24) is 13.6 Å². The van der Waals surface area contributed by atoms with Gasteiger partial charge in [-0.3, -0.25) is 14.4 Å². The second kappa shape index (κ2) is 6.20. The van der Waals surface area contributed by atoms with E-state index in [1.807, 2.05) is 0 Å². The molecule has 1 aromatic heterocycles. The highest BCUT2D eigenvalue weighted by molar-refractivity contribution is 7.00. The lowest BCUT2D eigenvalue weighted by atomic mass is 9.83. The molecule has 2 aliphatic rings. The molecular formula is C20H16N4O3S. The largest absolute Gasteiger partial charge is 0.366 e. The van der Waals surface area contributed by atoms with Crippen molar-refractivity contribution in [2.75, 3.05) is 31.1 Å². The van der Waals surface area contributed by atoms with Gasteiger partial charge < -0.3 is 9.80 Å². The number of hydrogen-bond acceptors (Lipinski definition) is 7. The van der Waals surface area contributed by atoms with Gasteiger partial charge >= 0.3 is 0 Å². The summed E-state index contributed by atoms with van der Waals surface area (Å²) in [5, 5.41) is 0. The van der Waals surface area contributed by atoms with E-state index >= 15 is 0 Å². The lowest BCUT2D eigenvalue weighted by Gasteiger charge is -2.36. The minimum Gasteiger partial charge on any atom is -0.366 e. The second-order valence-corrected chi connectivity index (χ2v) is 7.51. The van der Waals surface area contributed by atoms with Gasteiger partial charge in [0.05, 0.1) is 23.0 Å². The van der Waals surface area contributed by atoms with Crippen molar-refractivity contribution >= 4 is 45.9 Å². The molecule has 5 rings (SSSR count). The number of anilines is 1. The molecule has 0 radical (unpaired) electrons. The Morgan fingerprint density at radius 3 is 2.25 bits per heavy atom. The molecule has 1 aliphatic heterocycles. The number of fused-ring (bicyclic) bond motifs is 4. The smallest absolute Gasteiger partial charge is 0.219 e. The van der Waals surface area contributed by atoms with Gasteiger partial charge in [-0.25, -0.2) is 0 Å². The maximum absolute atomic E-state index is 13.1. The van der Waals surface area contributed by atoms with Gasteiger partial charge in [-0.2, -0.15) is 8.75 Å². The maximum atomic E-state index is 13.1. The van der Waals surface area contributed by atoms with Crippen LogP contribution in [0.2, 0.25) is 0 Å². The minimum absolute atomic E-state index is 0.0583. The van der Waals surface area contributed by atoms with E-state index in [2.05, 4.69) is 13.6 Å². The van der Waals surface area contributed by atoms with Gasteiger partial charge in [0.1, 0.15) is 11.0 Å². The van der Waals surface area contributed by atoms with E-state index in [4.69, 9.17) is 0 Å². The van der Waals surface area contributed by atoms with Gasteiger partial charge in [-0.05, 0) is 6.07 Å². The fourth-order valence-corrected chi connectivity index (χ4v) is 4.56. The average Bonchev–Trinajstić information content (AvgIpc) is 3.21. The Balaban J connectivity index is 1.65. The number of benzene rings is 2. The third-order valence-corrected chi connectivity index (χ3v) is 6.00. The maximum Gasteiger partial charge on any atom is 0.219 e. The molecule has 1 aliphatic carbocycles. The van der Waals surface area contributed by atoms with Crippen LogP contribution in [0.3, 0.4) is 0 Å². The molecule has 3 aromatic rings. The van der Waals surface area contributed by atoms with Crippen LogP contribution in [0, 0.1) is 0 Å². The third-order valence-electron chi connectivity index (χ3n) is 5.47. The Hall–Kier alpha value is -3.13. The zero-order chi connectivity index (χ0) is 19.4. The summed E-state index contributed by atoms with van der Waals surface area (Å²) in [5.74, 6) is -0.289. The lowest BCUT2D eigenvalue weighted by Crippen LogP contribution is -2.48. The molecule has 0 N–H and O–H groups in total. The Kier molecular flexibility index (Phi) is 3.77. The summed E-state index contributed by atoms with van der Waals surface area (Å²) < 4.78 is 8.77. The van der Waals surface area contributed by atoms with Crippen molar-refractivity contribution in [1.29, 1.82) is 0 Å². The fourth-order valence-electron chi connectivity index (χ4n) is 4.00. The molecule has 140 valence electrons. The van der Waals surface area contributed by atoms with Gasteiger partial charge in [0, 0.05) is 49.8 Å². The normalized spacial score (nSPS) is 16.3. The number of ketones is 2. The summed E-state index contributed by atoms with van der Waals surface area (Å²) in [6.07, 6.45) is 0. The predicted molar refractivity (Wildman–Crippen MR) is 105 cm³/mol. The molecule has 0 spiro atoms. The molecule has 1 fully saturated rings. The van der Waals surface area contributed by atoms with Crippen LogP contribution < -0.4 is 4.90 Å². The van der Waals surface area contributed by atoms with Gasteiger partial charge in [-0.15, -0.1) is 0 Å². The molecular weight excluding hydrogens is 376 g/mol. The molecule has 2 aromatic carbocycles. The monoisotopic (exact) mass is 392 g/mol. The molecule has 0 unspecified atom stereocenters. The van der Waals surface area contributed by atoms with Gasteiger partial charge in [0.15, 0.2) is 11.6 Å². The number of carbonyl (C=O) groups is 3. The molecule has 2 heterocycles. The van der Waals surface area contributed by atoms with Crippen LogP contribution in [0.1, 0.15) is 38.8 Å². The van der Waals surface area contributed by atoms with E-state index in [-0.39, 0.29) is 17.5 Å². The molecule has 1 amide bonds. The van der Waals surface area contributed by atoms with Crippen molar-refractivity contribution < 1.29 is 14.4 Å². The molecule has 0 bridgehead atoms. The SMILES string of the molecule is CC(=O)N1CCN(c2cc3c(c4nsnc24)C(=O)c2ccccc2C3=O)CC1. The van der Waals surface area contributed by atoms with E-state index in [1.54, 1.807) is 42.2 Å². The highest BCUT2D eigenvalue weighted by Gasteiger charge is 2.34. The summed E-state index contributed by atoms with van der Waals surface area (Å²) in [4.78, 5) is 41.7. The first-order valence-corrected chi connectivity index (χ1v) is 9.77. The van der Waals surface area contributed by atoms with Gasteiger partial charge in [0.2, 0.25) is 5.91 Å². The van der Waals surface area contributed by atoms with Crippen LogP contribution in [0.5, 0.6) is 0 Å². The number of nitrogens with zero attached hydrogens (tertiary/aromatic N) is 4. The highest BCUT2D eigenvalue weighted by Crippen LogP contribution is 2.37. The molecule has 0 atom stereocenters. The van der Waals surface area contributed by atoms with Crippen LogP contribution in [0.25, 0.3) is 11.0 Å². The van der Waals surface area contributed by atoms with E-state index < -0.39 is 0 Å². The van der Waals surface area contributed by atoms with Crippen LogP contribution in [-0.2, 0) is 4.79 Å². The minimum atomic E-state index is -0.184. The van der Waals surface area contributed by atoms with Gasteiger partial charge in [-0.1, -0.05) is 24.3 Å². The van der Waals surface area contributed by atoms with Crippen LogP contribution in [0.15, 0.2) is 30.3 Å². The number of hydrogen-bond donors (Lipinski definition) is 0. The number of rotatable bonds is 1. The summed E-state index contributed by atoms with van der Waals surface area (Å²) in [7, 11) is 0. The first-order valence-electron chi connectivity index (χ1n) is 9.04. The molecule has 28 heavy (non-hydrogen) atoms. The molecule has 7 nitrogen and oxygen atoms in total. The highest BCUT2D eigenvalue weighted by atomic mass is 32.1. The van der Waals surface area contributed by atoms with E-state index in [1.165, 1.54) is 0 Å². The lowest BCUT2D eigenvalue weighted by molar-refractivity contribution is -0.129. The molecule has 0 saturated carbocycles. The Morgan fingerprint density at radius 2 is 1.57 bits per heavy atom. The van der Waals surface area contributed by atoms with Crippen molar-refractivity contribution in [2.45, 2.75) is 6.92 Å². The van der Waals surface area contributed by atoms with Crippen LogP contribution in [0.4, 0.5) is 5.69 Å². The van der Waals surface area contributed by atoms with Crippen molar-refractivity contribution in [3.63, 3.8) is 0 Å². The first-order chi connectivity index (χ1) is 13.6. The third kappa shape index (κ3) is 2.37. The van der Waals surface area contributed by atoms with E-state index in [0.717, 1.165) is 17.4 Å². The Labute approximate surface area is 164 Å². The molecule has 1 saturated heterocycles. The summed E-state index contributed by atoms with van der Waals surface area (Å²) in [6, 6.07) is 8.67. The fraction of sp³-hybridized carbons (Fsp3) is 0.250. The number of amides is 1. The van der Waals surface area contributed by atoms with E-state index in [0.29, 0.717) is 59.5 Å². The number of piperazine rings is 1. The second-order valence-electron chi connectivity index (χ2n) is 6.98. The predicted octanol–water partition coefficient (Wildman–Crippen LogP) is 2.14. The first kappa shape index (κ1) is 17.0. The molecule has 8 heteroatoms. The quantitative estimate of drug-likeness (QED) is 0.494.